The Labute approximate surface area is 175 Å². The van der Waals surface area contributed by atoms with Crippen molar-refractivity contribution < 1.29 is 19.1 Å². The molecule has 2 aromatic rings. The van der Waals surface area contributed by atoms with Crippen molar-refractivity contribution in [3.63, 3.8) is 0 Å². The highest BCUT2D eigenvalue weighted by Gasteiger charge is 2.11. The number of benzene rings is 2. The maximum absolute atomic E-state index is 12.5. The lowest BCUT2D eigenvalue weighted by molar-refractivity contribution is -0.145. The summed E-state index contributed by atoms with van der Waals surface area (Å²) in [7, 11) is 0. The molecule has 0 saturated carbocycles. The van der Waals surface area contributed by atoms with Crippen LogP contribution in [0.1, 0.15) is 30.9 Å². The van der Waals surface area contributed by atoms with Gasteiger partial charge in [-0.25, -0.2) is 0 Å². The molecule has 1 amide bonds. The van der Waals surface area contributed by atoms with Crippen LogP contribution < -0.4 is 5.32 Å². The number of carbonyl (C=O) groups is 3. The van der Waals surface area contributed by atoms with E-state index in [1.54, 1.807) is 6.08 Å². The van der Waals surface area contributed by atoms with Crippen LogP contribution in [-0.4, -0.2) is 29.3 Å². The molecule has 0 aliphatic rings. The second-order valence-corrected chi connectivity index (χ2v) is 7.52. The summed E-state index contributed by atoms with van der Waals surface area (Å²) in [5.41, 5.74) is 2.35. The van der Waals surface area contributed by atoms with Crippen molar-refractivity contribution in [2.75, 3.05) is 12.3 Å². The Balaban J connectivity index is 1.77. The predicted molar refractivity (Wildman–Crippen MR) is 116 cm³/mol. The fraction of sp³-hybridized carbons (Fsp3) is 0.261. The van der Waals surface area contributed by atoms with Crippen LogP contribution in [0.4, 0.5) is 0 Å². The minimum atomic E-state index is -0.296. The summed E-state index contributed by atoms with van der Waals surface area (Å²) in [4.78, 5) is 35.6. The lowest BCUT2D eigenvalue weighted by Crippen LogP contribution is -2.27. The van der Waals surface area contributed by atoms with E-state index >= 15 is 0 Å². The van der Waals surface area contributed by atoms with Gasteiger partial charge < -0.3 is 10.1 Å². The molecular weight excluding hydrogens is 386 g/mol. The number of hydrogen-bond donors (Lipinski definition) is 1. The summed E-state index contributed by atoms with van der Waals surface area (Å²) in [6, 6.07) is 19.0. The normalized spacial score (nSPS) is 11.0. The van der Waals surface area contributed by atoms with E-state index in [9.17, 15) is 14.4 Å². The Kier molecular flexibility index (Phi) is 9.72. The molecule has 0 unspecified atom stereocenters. The average molecular weight is 412 g/mol. The summed E-state index contributed by atoms with van der Waals surface area (Å²) in [6.45, 7) is 2.08. The molecule has 0 radical (unpaired) electrons. The van der Waals surface area contributed by atoms with Crippen molar-refractivity contribution >= 4 is 34.8 Å². The van der Waals surface area contributed by atoms with Crippen LogP contribution in [0.15, 0.2) is 66.2 Å². The van der Waals surface area contributed by atoms with E-state index in [1.165, 1.54) is 6.92 Å². The summed E-state index contributed by atoms with van der Waals surface area (Å²) in [5, 5.41) is 2.77. The molecule has 0 fully saturated rings. The number of esters is 1. The van der Waals surface area contributed by atoms with Gasteiger partial charge in [-0.05, 0) is 23.6 Å². The van der Waals surface area contributed by atoms with Crippen LogP contribution in [0.3, 0.4) is 0 Å². The highest BCUT2D eigenvalue weighted by Crippen LogP contribution is 2.14. The predicted octanol–water partition coefficient (Wildman–Crippen LogP) is 3.99. The Bertz CT molecular complexity index is 834. The van der Waals surface area contributed by atoms with Crippen LogP contribution in [0.25, 0.3) is 6.08 Å². The molecule has 0 saturated heterocycles. The average Bonchev–Trinajstić information content (AvgIpc) is 2.74. The molecule has 0 atom stereocenters. The van der Waals surface area contributed by atoms with Crippen molar-refractivity contribution in [3.05, 3.63) is 77.4 Å². The van der Waals surface area contributed by atoms with Gasteiger partial charge in [-0.2, -0.15) is 0 Å². The zero-order valence-corrected chi connectivity index (χ0v) is 17.2. The van der Waals surface area contributed by atoms with Gasteiger partial charge in [-0.15, -0.1) is 0 Å². The highest BCUT2D eigenvalue weighted by atomic mass is 32.2. The third-order valence-electron chi connectivity index (χ3n) is 3.95. The molecule has 0 aliphatic heterocycles. The highest BCUT2D eigenvalue weighted by molar-refractivity contribution is 8.13. The van der Waals surface area contributed by atoms with Crippen molar-refractivity contribution in [2.45, 2.75) is 26.4 Å². The SMILES string of the molecule is CC(=O)SC/C(=C/c1ccccc1)C(=O)NCCCC(=O)OCc1ccccc1. The minimum Gasteiger partial charge on any atom is -0.461 e. The third-order valence-corrected chi connectivity index (χ3v) is 4.81. The van der Waals surface area contributed by atoms with Crippen LogP contribution >= 0.6 is 11.8 Å². The monoisotopic (exact) mass is 411 g/mol. The molecule has 2 aromatic carbocycles. The van der Waals surface area contributed by atoms with Gasteiger partial charge >= 0.3 is 5.97 Å². The first-order chi connectivity index (χ1) is 14.0. The summed E-state index contributed by atoms with van der Waals surface area (Å²) in [5.74, 6) is -0.231. The molecule has 0 aromatic heterocycles. The second-order valence-electron chi connectivity index (χ2n) is 6.37. The Morgan fingerprint density at radius 1 is 1.00 bits per heavy atom. The Morgan fingerprint density at radius 2 is 1.66 bits per heavy atom. The molecule has 0 heterocycles. The summed E-state index contributed by atoms with van der Waals surface area (Å²) < 4.78 is 5.22. The second kappa shape index (κ2) is 12.6. The number of rotatable bonds is 10. The first kappa shape index (κ1) is 22.4. The Hall–Kier alpha value is -2.86. The van der Waals surface area contributed by atoms with Crippen molar-refractivity contribution in [2.24, 2.45) is 0 Å². The van der Waals surface area contributed by atoms with Gasteiger partial charge in [0.05, 0.1) is 0 Å². The van der Waals surface area contributed by atoms with E-state index in [0.717, 1.165) is 22.9 Å². The molecule has 29 heavy (non-hydrogen) atoms. The number of amides is 1. The van der Waals surface area contributed by atoms with Crippen LogP contribution in [0.5, 0.6) is 0 Å². The van der Waals surface area contributed by atoms with Crippen LogP contribution in [-0.2, 0) is 25.7 Å². The first-order valence-corrected chi connectivity index (χ1v) is 10.4. The third kappa shape index (κ3) is 9.25. The van der Waals surface area contributed by atoms with Crippen molar-refractivity contribution in [3.8, 4) is 0 Å². The Morgan fingerprint density at radius 3 is 2.31 bits per heavy atom. The molecule has 6 heteroatoms. The first-order valence-electron chi connectivity index (χ1n) is 9.41. The molecule has 5 nitrogen and oxygen atoms in total. The van der Waals surface area contributed by atoms with Gasteiger partial charge in [0.2, 0.25) is 5.91 Å². The van der Waals surface area contributed by atoms with E-state index < -0.39 is 0 Å². The topological polar surface area (TPSA) is 72.5 Å². The van der Waals surface area contributed by atoms with Gasteiger partial charge in [-0.1, -0.05) is 72.4 Å². The maximum atomic E-state index is 12.5. The zero-order chi connectivity index (χ0) is 20.9. The van der Waals surface area contributed by atoms with Gasteiger partial charge in [0.15, 0.2) is 5.12 Å². The van der Waals surface area contributed by atoms with E-state index in [1.807, 2.05) is 60.7 Å². The molecule has 1 N–H and O–H groups in total. The number of nitrogens with one attached hydrogen (secondary N) is 1. The smallest absolute Gasteiger partial charge is 0.306 e. The van der Waals surface area contributed by atoms with Gasteiger partial charge in [0, 0.05) is 31.2 Å². The molecule has 0 spiro atoms. The molecular formula is C23H25NO4S. The lowest BCUT2D eigenvalue weighted by atomic mass is 10.1. The van der Waals surface area contributed by atoms with Crippen molar-refractivity contribution in [1.82, 2.24) is 5.32 Å². The lowest BCUT2D eigenvalue weighted by Gasteiger charge is -2.09. The largest absolute Gasteiger partial charge is 0.461 e. The van der Waals surface area contributed by atoms with E-state index in [0.29, 0.717) is 24.3 Å². The minimum absolute atomic E-state index is 0.0436. The zero-order valence-electron chi connectivity index (χ0n) is 16.4. The molecule has 0 bridgehead atoms. The number of thioether (sulfide) groups is 1. The van der Waals surface area contributed by atoms with Gasteiger partial charge in [0.1, 0.15) is 6.61 Å². The number of hydrogen-bond acceptors (Lipinski definition) is 5. The fourth-order valence-corrected chi connectivity index (χ4v) is 3.03. The number of carbonyl (C=O) groups excluding carboxylic acids is 3. The van der Waals surface area contributed by atoms with Crippen molar-refractivity contribution in [1.29, 1.82) is 0 Å². The van der Waals surface area contributed by atoms with E-state index in [2.05, 4.69) is 5.32 Å². The van der Waals surface area contributed by atoms with E-state index in [-0.39, 0.29) is 30.0 Å². The molecule has 2 rings (SSSR count). The summed E-state index contributed by atoms with van der Waals surface area (Å²) >= 11 is 1.09. The van der Waals surface area contributed by atoms with Crippen LogP contribution in [0, 0.1) is 0 Å². The van der Waals surface area contributed by atoms with Crippen LogP contribution in [0.2, 0.25) is 0 Å². The fourth-order valence-electron chi connectivity index (χ4n) is 2.46. The van der Waals surface area contributed by atoms with Gasteiger partial charge in [-0.3, -0.25) is 14.4 Å². The maximum Gasteiger partial charge on any atom is 0.306 e. The quantitative estimate of drug-likeness (QED) is 0.364. The molecule has 152 valence electrons. The molecule has 0 aliphatic carbocycles. The van der Waals surface area contributed by atoms with E-state index in [4.69, 9.17) is 4.74 Å². The number of ether oxygens (including phenoxy) is 1. The standard InChI is InChI=1S/C23H25NO4S/c1-18(25)29-17-21(15-19-9-4-2-5-10-19)23(27)24-14-8-13-22(26)28-16-20-11-6-3-7-12-20/h2-7,9-12,15H,8,13-14,16-17H2,1H3,(H,24,27)/b21-15-. The summed E-state index contributed by atoms with van der Waals surface area (Å²) in [6.07, 6.45) is 2.49. The van der Waals surface area contributed by atoms with Gasteiger partial charge in [0.25, 0.3) is 0 Å².